The van der Waals surface area contributed by atoms with E-state index in [1.807, 2.05) is 13.8 Å². The van der Waals surface area contributed by atoms with Crippen molar-refractivity contribution in [3.05, 3.63) is 0 Å². The second kappa shape index (κ2) is 13.7. The van der Waals surface area contributed by atoms with E-state index >= 15 is 0 Å². The van der Waals surface area contributed by atoms with Gasteiger partial charge in [-0.05, 0) is 26.2 Å². The van der Waals surface area contributed by atoms with Gasteiger partial charge in [-0.15, -0.1) is 0 Å². The van der Waals surface area contributed by atoms with Gasteiger partial charge in [0.1, 0.15) is 6.10 Å². The van der Waals surface area contributed by atoms with E-state index in [1.54, 1.807) is 13.8 Å². The first-order valence-corrected chi connectivity index (χ1v) is 11.8. The molecule has 0 heterocycles. The first-order chi connectivity index (χ1) is 14.0. The fraction of sp³-hybridized carbons (Fsp3) is 0.842. The summed E-state index contributed by atoms with van der Waals surface area (Å²) in [6.07, 6.45) is -0.237. The van der Waals surface area contributed by atoms with Crippen LogP contribution in [0.5, 0.6) is 0 Å². The number of hydrogen-bond donors (Lipinski definition) is 0. The zero-order valence-corrected chi connectivity index (χ0v) is 20.3. The van der Waals surface area contributed by atoms with E-state index < -0.39 is 44.5 Å². The van der Waals surface area contributed by atoms with Crippen LogP contribution < -0.4 is 0 Å². The van der Waals surface area contributed by atoms with Crippen LogP contribution in [0.4, 0.5) is 0 Å². The number of rotatable bonds is 15. The molecular weight excluding hydrogens is 416 g/mol. The van der Waals surface area contributed by atoms with E-state index in [1.165, 1.54) is 7.11 Å². The minimum atomic E-state index is -4.71. The summed E-state index contributed by atoms with van der Waals surface area (Å²) in [5, 5.41) is 0. The SMILES string of the molecule is CCCOC(C)C(OCCC)(OC(CC)OC)[Si](OC(C)=O)(OC(C)=O)OC(C)=O. The third kappa shape index (κ3) is 7.95. The topological polar surface area (TPSA) is 116 Å². The molecule has 0 aromatic rings. The number of hydrogen-bond acceptors (Lipinski definition) is 10. The highest BCUT2D eigenvalue weighted by atomic mass is 28.4. The Bertz CT molecular complexity index is 511. The van der Waals surface area contributed by atoms with Crippen LogP contribution in [0.15, 0.2) is 0 Å². The average molecular weight is 453 g/mol. The molecule has 11 heteroatoms. The highest BCUT2D eigenvalue weighted by Gasteiger charge is 2.76. The third-order valence-corrected chi connectivity index (χ3v) is 6.98. The quantitative estimate of drug-likeness (QED) is 0.271. The van der Waals surface area contributed by atoms with Crippen molar-refractivity contribution in [1.82, 2.24) is 0 Å². The summed E-state index contributed by atoms with van der Waals surface area (Å²) in [6.45, 7) is 10.9. The average Bonchev–Trinajstić information content (AvgIpc) is 2.64. The van der Waals surface area contributed by atoms with Gasteiger partial charge in [0.25, 0.3) is 17.9 Å². The largest absolute Gasteiger partial charge is 0.771 e. The van der Waals surface area contributed by atoms with Crippen LogP contribution >= 0.6 is 0 Å². The standard InChI is InChI=1S/C19H36O10Si/c1-9-12-24-14(4)19(25-13-10-2,26-18(11-3)23-8)30(27-15(5)20,28-16(6)21)29-17(7)22/h14,18H,9-13H2,1-8H3. The molecule has 0 fully saturated rings. The van der Waals surface area contributed by atoms with Gasteiger partial charge in [0.2, 0.25) is 0 Å². The molecule has 0 saturated heterocycles. The van der Waals surface area contributed by atoms with Crippen LogP contribution in [0, 0.1) is 0 Å². The fourth-order valence-corrected chi connectivity index (χ4v) is 5.47. The first-order valence-electron chi connectivity index (χ1n) is 10.1. The molecule has 0 N–H and O–H groups in total. The van der Waals surface area contributed by atoms with Gasteiger partial charge in [-0.25, -0.2) is 0 Å². The molecule has 0 aliphatic carbocycles. The summed E-state index contributed by atoms with van der Waals surface area (Å²) < 4.78 is 39.7. The Hall–Kier alpha value is -1.53. The van der Waals surface area contributed by atoms with Crippen molar-refractivity contribution in [3.8, 4) is 0 Å². The maximum absolute atomic E-state index is 12.1. The van der Waals surface area contributed by atoms with Gasteiger partial charge < -0.3 is 32.2 Å². The molecule has 0 aromatic carbocycles. The molecule has 0 rings (SSSR count). The zero-order valence-electron chi connectivity index (χ0n) is 19.3. The van der Waals surface area contributed by atoms with Crippen molar-refractivity contribution in [2.24, 2.45) is 0 Å². The third-order valence-electron chi connectivity index (χ3n) is 3.79. The molecule has 0 bridgehead atoms. The molecular formula is C19H36O10Si. The van der Waals surface area contributed by atoms with Crippen molar-refractivity contribution in [1.29, 1.82) is 0 Å². The maximum Gasteiger partial charge on any atom is 0.771 e. The molecule has 176 valence electrons. The van der Waals surface area contributed by atoms with E-state index in [-0.39, 0.29) is 6.61 Å². The Morgan fingerprint density at radius 1 is 0.867 bits per heavy atom. The molecule has 10 nitrogen and oxygen atoms in total. The van der Waals surface area contributed by atoms with Gasteiger partial charge in [-0.2, -0.15) is 0 Å². The van der Waals surface area contributed by atoms with Gasteiger partial charge >= 0.3 is 14.2 Å². The Balaban J connectivity index is 6.90. The number of ether oxygens (including phenoxy) is 4. The van der Waals surface area contributed by atoms with Gasteiger partial charge in [0.05, 0.1) is 0 Å². The second-order valence-electron chi connectivity index (χ2n) is 6.56. The van der Waals surface area contributed by atoms with Crippen LogP contribution in [-0.4, -0.2) is 64.8 Å². The van der Waals surface area contributed by atoms with Crippen molar-refractivity contribution in [2.45, 2.75) is 85.5 Å². The monoisotopic (exact) mass is 452 g/mol. The lowest BCUT2D eigenvalue weighted by atomic mass is 10.3. The normalized spacial score (nSPS) is 15.6. The van der Waals surface area contributed by atoms with E-state index in [0.717, 1.165) is 20.8 Å². The molecule has 0 saturated carbocycles. The van der Waals surface area contributed by atoms with Crippen LogP contribution in [0.3, 0.4) is 0 Å². The van der Waals surface area contributed by atoms with Crippen molar-refractivity contribution in [2.75, 3.05) is 20.3 Å². The van der Waals surface area contributed by atoms with E-state index in [9.17, 15) is 14.4 Å². The highest BCUT2D eigenvalue weighted by Crippen LogP contribution is 2.37. The van der Waals surface area contributed by atoms with Crippen LogP contribution in [0.25, 0.3) is 0 Å². The summed E-state index contributed by atoms with van der Waals surface area (Å²) in [5.41, 5.74) is -2.04. The lowest BCUT2D eigenvalue weighted by molar-refractivity contribution is -0.321. The fourth-order valence-electron chi connectivity index (χ4n) is 2.65. The van der Waals surface area contributed by atoms with Gasteiger partial charge in [-0.3, -0.25) is 14.4 Å². The smallest absolute Gasteiger partial charge is 0.452 e. The van der Waals surface area contributed by atoms with E-state index in [0.29, 0.717) is 25.9 Å². The van der Waals surface area contributed by atoms with Gasteiger partial charge in [0, 0.05) is 41.1 Å². The summed E-state index contributed by atoms with van der Waals surface area (Å²) in [5.74, 6) is -2.53. The second-order valence-corrected chi connectivity index (χ2v) is 8.98. The Labute approximate surface area is 179 Å². The zero-order chi connectivity index (χ0) is 23.4. The summed E-state index contributed by atoms with van der Waals surface area (Å²) in [7, 11) is -3.29. The molecule has 0 amide bonds. The van der Waals surface area contributed by atoms with Gasteiger partial charge in [-0.1, -0.05) is 20.8 Å². The maximum atomic E-state index is 12.1. The number of carbonyl (C=O) groups excluding carboxylic acids is 3. The van der Waals surface area contributed by atoms with Crippen molar-refractivity contribution < 1.29 is 46.6 Å². The predicted molar refractivity (Wildman–Crippen MR) is 108 cm³/mol. The molecule has 3 atom stereocenters. The Kier molecular flexibility index (Phi) is 13.0. The van der Waals surface area contributed by atoms with Crippen molar-refractivity contribution in [3.63, 3.8) is 0 Å². The molecule has 0 aliphatic heterocycles. The molecule has 0 radical (unpaired) electrons. The minimum absolute atomic E-state index is 0.110. The van der Waals surface area contributed by atoms with Crippen LogP contribution in [0.1, 0.15) is 67.7 Å². The van der Waals surface area contributed by atoms with E-state index in [2.05, 4.69) is 0 Å². The van der Waals surface area contributed by atoms with Gasteiger partial charge in [0.15, 0.2) is 6.29 Å². The molecule has 0 aliphatic rings. The first kappa shape index (κ1) is 28.5. The van der Waals surface area contributed by atoms with Crippen LogP contribution in [-0.2, 0) is 46.6 Å². The molecule has 30 heavy (non-hydrogen) atoms. The molecule has 0 spiro atoms. The lowest BCUT2D eigenvalue weighted by Crippen LogP contribution is -2.74. The Morgan fingerprint density at radius 3 is 1.67 bits per heavy atom. The number of carbonyl (C=O) groups is 3. The van der Waals surface area contributed by atoms with Crippen molar-refractivity contribution >= 4 is 26.7 Å². The predicted octanol–water partition coefficient (Wildman–Crippen LogP) is 2.49. The van der Waals surface area contributed by atoms with E-state index in [4.69, 9.17) is 32.2 Å². The summed E-state index contributed by atoms with van der Waals surface area (Å²) >= 11 is 0. The summed E-state index contributed by atoms with van der Waals surface area (Å²) in [6, 6.07) is 0. The lowest BCUT2D eigenvalue weighted by Gasteiger charge is -2.45. The molecule has 3 unspecified atom stereocenters. The molecule has 0 aromatic heterocycles. The Morgan fingerprint density at radius 2 is 1.33 bits per heavy atom. The minimum Gasteiger partial charge on any atom is -0.452 e. The van der Waals surface area contributed by atoms with Crippen LogP contribution in [0.2, 0.25) is 0 Å². The number of methoxy groups -OCH3 is 1. The summed E-state index contributed by atoms with van der Waals surface area (Å²) in [4.78, 5) is 36.2. The highest BCUT2D eigenvalue weighted by molar-refractivity contribution is 6.68.